The third-order valence-corrected chi connectivity index (χ3v) is 15.3. The first kappa shape index (κ1) is 45.7. The van der Waals surface area contributed by atoms with Gasteiger partial charge in [-0.05, 0) is 162 Å². The smallest absolute Gasteiger partial charge is 0.160 e. The lowest BCUT2D eigenvalue weighted by Gasteiger charge is -2.25. The number of amidine groups is 1. The summed E-state index contributed by atoms with van der Waals surface area (Å²) in [6.07, 6.45) is 6.77. The molecule has 1 aliphatic heterocycles. The van der Waals surface area contributed by atoms with Crippen molar-refractivity contribution in [2.45, 2.75) is 18.8 Å². The highest BCUT2D eigenvalue weighted by Crippen LogP contribution is 2.36. The number of pyridine rings is 2. The van der Waals surface area contributed by atoms with E-state index in [-0.39, 0.29) is 29.6 Å². The molecule has 0 saturated carbocycles. The Morgan fingerprint density at radius 3 is 1.40 bits per heavy atom. The predicted octanol–water partition coefficient (Wildman–Crippen LogP) is 19.4. The summed E-state index contributed by atoms with van der Waals surface area (Å²) < 4.78 is 42.3. The van der Waals surface area contributed by atoms with Crippen LogP contribution >= 0.6 is 0 Å². The van der Waals surface area contributed by atoms with Crippen molar-refractivity contribution in [3.8, 4) is 78.4 Å². The molecule has 0 bridgehead atoms. The lowest BCUT2D eigenvalue weighted by atomic mass is 9.94. The van der Waals surface area contributed by atoms with E-state index in [1.807, 2.05) is 79.1 Å². The zero-order valence-electron chi connectivity index (χ0n) is 50.6. The van der Waals surface area contributed by atoms with Crippen LogP contribution in [0.1, 0.15) is 36.8 Å². The Hall–Kier alpha value is -11.0. The van der Waals surface area contributed by atoms with Crippen molar-refractivity contribution in [2.75, 3.05) is 0 Å². The van der Waals surface area contributed by atoms with E-state index in [9.17, 15) is 0 Å². The van der Waals surface area contributed by atoms with Crippen LogP contribution in [0.4, 0.5) is 0 Å². The SMILES string of the molecule is [2H]C1=C([2H])C([2H])C([2H])C(C2=NC(c3cccc(-c4ccc5ccccc5c4)c3)C=C(c3cccc(-c4cccnc4)c3)N2)=C1[2H].c1cncc(-c2cccc(-c3cc(-c4cccc(-c5ccc6ccccc6c5)c4)nc(-c4ccc5ccccc5c4)n3)c2)c1. The summed E-state index contributed by atoms with van der Waals surface area (Å²) in [4.78, 5) is 23.8. The van der Waals surface area contributed by atoms with Crippen LogP contribution < -0.4 is 5.32 Å². The van der Waals surface area contributed by atoms with Crippen LogP contribution in [0, 0.1) is 0 Å². The Kier molecular flexibility index (Phi) is 12.7. The molecule has 0 radical (unpaired) electrons. The molecule has 15 rings (SSSR count). The molecule has 13 aromatic rings. The van der Waals surface area contributed by atoms with Gasteiger partial charge in [-0.15, -0.1) is 0 Å². The number of hydrogen-bond donors (Lipinski definition) is 1. The maximum atomic E-state index is 8.77. The Morgan fingerprint density at radius 1 is 0.393 bits per heavy atom. The maximum absolute atomic E-state index is 8.77. The zero-order valence-corrected chi connectivity index (χ0v) is 45.6. The van der Waals surface area contributed by atoms with Crippen molar-refractivity contribution < 1.29 is 6.85 Å². The van der Waals surface area contributed by atoms with E-state index in [0.29, 0.717) is 5.82 Å². The maximum Gasteiger partial charge on any atom is 0.160 e. The van der Waals surface area contributed by atoms with Crippen molar-refractivity contribution in [2.24, 2.45) is 4.99 Å². The zero-order chi connectivity index (χ0) is 60.4. The minimum atomic E-state index is -1.27. The summed E-state index contributed by atoms with van der Waals surface area (Å²) in [6, 6.07) is 86.6. The van der Waals surface area contributed by atoms with Crippen LogP contribution in [-0.4, -0.2) is 25.8 Å². The number of aromatic nitrogens is 4. The van der Waals surface area contributed by atoms with Crippen molar-refractivity contribution in [3.63, 3.8) is 0 Å². The second-order valence-electron chi connectivity index (χ2n) is 20.8. The number of aliphatic imine (C=N–C) groups is 1. The number of hydrogen-bond acceptors (Lipinski definition) is 6. The lowest BCUT2D eigenvalue weighted by Crippen LogP contribution is -2.28. The molecule has 0 saturated heterocycles. The molecule has 2 aliphatic rings. The highest BCUT2D eigenvalue weighted by molar-refractivity contribution is 6.05. The average Bonchev–Trinajstić information content (AvgIpc) is 3.14. The van der Waals surface area contributed by atoms with Crippen molar-refractivity contribution in [1.29, 1.82) is 0 Å². The molecule has 0 fully saturated rings. The van der Waals surface area contributed by atoms with E-state index < -0.39 is 18.8 Å². The molecule has 6 nitrogen and oxygen atoms in total. The third kappa shape index (κ3) is 11.1. The highest BCUT2D eigenvalue weighted by atomic mass is 15.0. The summed E-state index contributed by atoms with van der Waals surface area (Å²) in [5.74, 6) is 0.978. The van der Waals surface area contributed by atoms with Gasteiger partial charge in [0.2, 0.25) is 0 Å². The standard InChI is InChI=1S/C41H27N3.C37H29N3/c1-3-10-30-22-34(19-17-28(30)8-1)32-12-5-14-35(23-32)39-26-40(36-15-6-13-33(24-36)38-16-7-21-42-27-38)44-41(43-39)37-20-18-29-9-2-4-11-31(29)25-37;1-2-10-27(11-3-1)37-39-35(24-36(40-37)33-16-7-14-30(23-33)34-17-8-20-38-25-34)32-15-6-13-29(22-32)31-19-18-26-9-4-5-12-28(26)21-31/h1-27H;1-2,4-10,12-25,35H,3,11H2,(H,39,40)/i;1D,2D,3D,10D,11D. The van der Waals surface area contributed by atoms with Gasteiger partial charge < -0.3 is 5.32 Å². The van der Waals surface area contributed by atoms with E-state index in [1.54, 1.807) is 12.4 Å². The fourth-order valence-electron chi connectivity index (χ4n) is 11.0. The van der Waals surface area contributed by atoms with Gasteiger partial charge >= 0.3 is 0 Å². The molecule has 0 amide bonds. The quantitative estimate of drug-likeness (QED) is 0.148. The van der Waals surface area contributed by atoms with Gasteiger partial charge in [0.1, 0.15) is 5.84 Å². The van der Waals surface area contributed by atoms with E-state index in [4.69, 9.17) is 21.8 Å². The Bertz CT molecular complexity index is 4990. The van der Waals surface area contributed by atoms with Gasteiger partial charge in [0, 0.05) is 61.0 Å². The Labute approximate surface area is 496 Å². The molecule has 1 aliphatic carbocycles. The monoisotopic (exact) mass is 1080 g/mol. The van der Waals surface area contributed by atoms with Crippen LogP contribution in [0.25, 0.3) is 116 Å². The lowest BCUT2D eigenvalue weighted by molar-refractivity contribution is 0.869. The number of benzene rings is 10. The Morgan fingerprint density at radius 2 is 0.845 bits per heavy atom. The fourth-order valence-corrected chi connectivity index (χ4v) is 11.0. The minimum absolute atomic E-state index is 0.153. The number of allylic oxidation sites excluding steroid dienone is 3. The van der Waals surface area contributed by atoms with Gasteiger partial charge in [0.05, 0.1) is 21.5 Å². The summed E-state index contributed by atoms with van der Waals surface area (Å²) >= 11 is 0. The van der Waals surface area contributed by atoms with Gasteiger partial charge in [0.15, 0.2) is 5.82 Å². The molecule has 6 heteroatoms. The van der Waals surface area contributed by atoms with Gasteiger partial charge in [-0.3, -0.25) is 15.0 Å². The van der Waals surface area contributed by atoms with Crippen LogP contribution in [0.5, 0.6) is 0 Å². The van der Waals surface area contributed by atoms with E-state index >= 15 is 0 Å². The number of fused-ring (bicyclic) bond motifs is 3. The van der Waals surface area contributed by atoms with Crippen LogP contribution in [-0.2, 0) is 0 Å². The summed E-state index contributed by atoms with van der Waals surface area (Å²) in [6.45, 7) is 0. The van der Waals surface area contributed by atoms with Gasteiger partial charge in [-0.1, -0.05) is 212 Å². The summed E-state index contributed by atoms with van der Waals surface area (Å²) in [7, 11) is 0. The fraction of sp³-hybridized carbons (Fsp3) is 0.0385. The largest absolute Gasteiger partial charge is 0.340 e. The summed E-state index contributed by atoms with van der Waals surface area (Å²) in [5, 5.41) is 10.5. The third-order valence-electron chi connectivity index (χ3n) is 15.3. The van der Waals surface area contributed by atoms with Crippen LogP contribution in [0.15, 0.2) is 314 Å². The second kappa shape index (κ2) is 23.3. The Balaban J connectivity index is 0.000000156. The number of nitrogens with zero attached hydrogens (tertiary/aromatic N) is 5. The highest BCUT2D eigenvalue weighted by Gasteiger charge is 2.22. The molecule has 0 spiro atoms. The van der Waals surface area contributed by atoms with E-state index in [2.05, 4.69) is 209 Å². The first-order valence-corrected chi connectivity index (χ1v) is 28.0. The average molecular weight is 1080 g/mol. The molecule has 3 atom stereocenters. The molecule has 398 valence electrons. The van der Waals surface area contributed by atoms with Crippen molar-refractivity contribution in [3.05, 3.63) is 321 Å². The number of nitrogens with one attached hydrogen (secondary N) is 1. The first-order valence-electron chi connectivity index (χ1n) is 30.7. The molecule has 3 unspecified atom stereocenters. The van der Waals surface area contributed by atoms with Crippen molar-refractivity contribution in [1.82, 2.24) is 25.3 Å². The van der Waals surface area contributed by atoms with Crippen molar-refractivity contribution >= 4 is 43.9 Å². The van der Waals surface area contributed by atoms with E-state index in [1.165, 1.54) is 27.1 Å². The molecular formula is C78H56N6. The molecular weight excluding hydrogens is 1020 g/mol. The molecule has 4 heterocycles. The van der Waals surface area contributed by atoms with Gasteiger partial charge in [-0.2, -0.15) is 0 Å². The predicted molar refractivity (Wildman–Crippen MR) is 349 cm³/mol. The second-order valence-corrected chi connectivity index (χ2v) is 20.8. The summed E-state index contributed by atoms with van der Waals surface area (Å²) in [5.41, 5.74) is 16.1. The first-order chi connectivity index (χ1) is 43.6. The van der Waals surface area contributed by atoms with Crippen LogP contribution in [0.3, 0.4) is 0 Å². The molecule has 84 heavy (non-hydrogen) atoms. The molecule has 1 N–H and O–H groups in total. The van der Waals surface area contributed by atoms with Gasteiger partial charge in [0.25, 0.3) is 0 Å². The molecule has 3 aromatic heterocycles. The van der Waals surface area contributed by atoms with Gasteiger partial charge in [-0.25, -0.2) is 9.97 Å². The topological polar surface area (TPSA) is 76.0 Å². The number of rotatable bonds is 10. The molecule has 10 aromatic carbocycles. The normalized spacial score (nSPS) is 16.7. The minimum Gasteiger partial charge on any atom is -0.340 e. The van der Waals surface area contributed by atoms with Crippen LogP contribution in [0.2, 0.25) is 0 Å². The van der Waals surface area contributed by atoms with E-state index in [0.717, 1.165) is 94.6 Å².